The molecule has 2 aliphatic rings. The van der Waals surface area contributed by atoms with E-state index in [4.69, 9.17) is 0 Å². The van der Waals surface area contributed by atoms with Crippen molar-refractivity contribution in [2.45, 2.75) is 44.8 Å². The van der Waals surface area contributed by atoms with Gasteiger partial charge in [0.15, 0.2) is 0 Å². The lowest BCUT2D eigenvalue weighted by molar-refractivity contribution is 0.0544. The Kier molecular flexibility index (Phi) is 3.65. The second kappa shape index (κ2) is 4.81. The van der Waals surface area contributed by atoms with Crippen LogP contribution >= 0.6 is 0 Å². The van der Waals surface area contributed by atoms with Gasteiger partial charge in [-0.3, -0.25) is 9.80 Å². The smallest absolute Gasteiger partial charge is 0.0224 e. The minimum atomic E-state index is 0.611. The van der Waals surface area contributed by atoms with Gasteiger partial charge in [-0.2, -0.15) is 0 Å². The molecular weight excluding hydrogens is 186 g/mol. The van der Waals surface area contributed by atoms with Gasteiger partial charge in [0.05, 0.1) is 0 Å². The summed E-state index contributed by atoms with van der Waals surface area (Å²) in [5.41, 5.74) is 0. The lowest BCUT2D eigenvalue weighted by Crippen LogP contribution is -2.57. The fourth-order valence-electron chi connectivity index (χ4n) is 2.95. The molecule has 0 aromatic heterocycles. The zero-order valence-electron chi connectivity index (χ0n) is 10.4. The van der Waals surface area contributed by atoms with Gasteiger partial charge in [0.1, 0.15) is 0 Å². The van der Waals surface area contributed by atoms with Crippen LogP contribution in [0.2, 0.25) is 0 Å². The molecule has 3 nitrogen and oxygen atoms in total. The largest absolute Gasteiger partial charge is 0.316 e. The number of likely N-dealkylation sites (N-methyl/N-ethyl adjacent to an activating group) is 1. The molecule has 2 saturated heterocycles. The van der Waals surface area contributed by atoms with Crippen molar-refractivity contribution in [1.82, 2.24) is 15.1 Å². The molecule has 0 bridgehead atoms. The third-order valence-corrected chi connectivity index (χ3v) is 4.07. The fraction of sp³-hybridized carbons (Fsp3) is 1.00. The first kappa shape index (κ1) is 11.4. The zero-order chi connectivity index (χ0) is 10.8. The Morgan fingerprint density at radius 3 is 2.93 bits per heavy atom. The highest BCUT2D eigenvalue weighted by atomic mass is 15.3. The normalized spacial score (nSPS) is 35.4. The Hall–Kier alpha value is -0.120. The summed E-state index contributed by atoms with van der Waals surface area (Å²) < 4.78 is 0. The molecule has 3 atom stereocenters. The van der Waals surface area contributed by atoms with E-state index in [1.54, 1.807) is 0 Å². The number of piperazine rings is 1. The first-order valence-corrected chi connectivity index (χ1v) is 6.36. The molecule has 3 unspecified atom stereocenters. The topological polar surface area (TPSA) is 18.5 Å². The van der Waals surface area contributed by atoms with Crippen LogP contribution < -0.4 is 5.32 Å². The molecule has 88 valence electrons. The average Bonchev–Trinajstić information content (AvgIpc) is 2.65. The van der Waals surface area contributed by atoms with E-state index in [9.17, 15) is 0 Å². The molecule has 15 heavy (non-hydrogen) atoms. The molecule has 1 N–H and O–H groups in total. The van der Waals surface area contributed by atoms with Crippen LogP contribution in [0.1, 0.15) is 26.7 Å². The lowest BCUT2D eigenvalue weighted by Gasteiger charge is -2.43. The third-order valence-electron chi connectivity index (χ3n) is 4.07. The van der Waals surface area contributed by atoms with Crippen molar-refractivity contribution in [3.05, 3.63) is 0 Å². The molecular formula is C12H25N3. The Balaban J connectivity index is 1.89. The van der Waals surface area contributed by atoms with Crippen molar-refractivity contribution < 1.29 is 0 Å². The number of fused-ring (bicyclic) bond motifs is 1. The molecule has 2 fully saturated rings. The number of hydrogen-bond acceptors (Lipinski definition) is 3. The second-order valence-corrected chi connectivity index (χ2v) is 5.28. The molecule has 2 aliphatic heterocycles. The second-order valence-electron chi connectivity index (χ2n) is 5.28. The van der Waals surface area contributed by atoms with Gasteiger partial charge in [-0.25, -0.2) is 0 Å². The van der Waals surface area contributed by atoms with E-state index < -0.39 is 0 Å². The van der Waals surface area contributed by atoms with Crippen LogP contribution in [0.15, 0.2) is 0 Å². The zero-order valence-corrected chi connectivity index (χ0v) is 10.4. The van der Waals surface area contributed by atoms with Crippen molar-refractivity contribution >= 4 is 0 Å². The van der Waals surface area contributed by atoms with E-state index in [0.717, 1.165) is 12.1 Å². The van der Waals surface area contributed by atoms with E-state index >= 15 is 0 Å². The van der Waals surface area contributed by atoms with Crippen LogP contribution in [0.3, 0.4) is 0 Å². The summed E-state index contributed by atoms with van der Waals surface area (Å²) in [5.74, 6) is 0. The summed E-state index contributed by atoms with van der Waals surface area (Å²) in [5, 5.41) is 3.34. The van der Waals surface area contributed by atoms with Crippen LogP contribution in [-0.4, -0.2) is 61.2 Å². The minimum Gasteiger partial charge on any atom is -0.316 e. The Labute approximate surface area is 93.8 Å². The number of rotatable bonds is 3. The van der Waals surface area contributed by atoms with E-state index in [1.165, 1.54) is 39.0 Å². The first-order valence-electron chi connectivity index (χ1n) is 6.36. The SMILES string of the molecule is CNC(C)CN1CC2CCCN2CC1C. The number of nitrogens with zero attached hydrogens (tertiary/aromatic N) is 2. The molecule has 2 rings (SSSR count). The lowest BCUT2D eigenvalue weighted by atomic mass is 10.1. The Morgan fingerprint density at radius 1 is 1.40 bits per heavy atom. The first-order chi connectivity index (χ1) is 7.20. The maximum atomic E-state index is 3.34. The van der Waals surface area contributed by atoms with Gasteiger partial charge in [-0.05, 0) is 40.3 Å². The van der Waals surface area contributed by atoms with Crippen LogP contribution in [0.5, 0.6) is 0 Å². The summed E-state index contributed by atoms with van der Waals surface area (Å²) in [6.07, 6.45) is 2.82. The molecule has 3 heteroatoms. The summed E-state index contributed by atoms with van der Waals surface area (Å²) >= 11 is 0. The molecule has 0 saturated carbocycles. The Bertz CT molecular complexity index is 207. The fourth-order valence-corrected chi connectivity index (χ4v) is 2.95. The van der Waals surface area contributed by atoms with Crippen molar-refractivity contribution in [2.24, 2.45) is 0 Å². The van der Waals surface area contributed by atoms with E-state index in [2.05, 4.69) is 36.0 Å². The summed E-state index contributed by atoms with van der Waals surface area (Å²) in [6.45, 7) is 9.74. The highest BCUT2D eigenvalue weighted by Gasteiger charge is 2.34. The molecule has 0 aromatic rings. The maximum Gasteiger partial charge on any atom is 0.0224 e. The highest BCUT2D eigenvalue weighted by Crippen LogP contribution is 2.24. The quantitative estimate of drug-likeness (QED) is 0.743. The molecule has 0 amide bonds. The molecule has 0 aromatic carbocycles. The van der Waals surface area contributed by atoms with Gasteiger partial charge < -0.3 is 5.32 Å². The van der Waals surface area contributed by atoms with Crippen LogP contribution in [0.25, 0.3) is 0 Å². The number of nitrogens with one attached hydrogen (secondary N) is 1. The monoisotopic (exact) mass is 211 g/mol. The van der Waals surface area contributed by atoms with Crippen molar-refractivity contribution in [3.63, 3.8) is 0 Å². The van der Waals surface area contributed by atoms with Gasteiger partial charge in [-0.1, -0.05) is 0 Å². The molecule has 2 heterocycles. The predicted octanol–water partition coefficient (Wildman–Crippen LogP) is 0.763. The van der Waals surface area contributed by atoms with Crippen LogP contribution in [-0.2, 0) is 0 Å². The third kappa shape index (κ3) is 2.52. The van der Waals surface area contributed by atoms with E-state index in [-0.39, 0.29) is 0 Å². The summed E-state index contributed by atoms with van der Waals surface area (Å²) in [4.78, 5) is 5.35. The van der Waals surface area contributed by atoms with E-state index in [0.29, 0.717) is 6.04 Å². The molecule has 0 radical (unpaired) electrons. The highest BCUT2D eigenvalue weighted by molar-refractivity contribution is 4.91. The van der Waals surface area contributed by atoms with Crippen LogP contribution in [0, 0.1) is 0 Å². The van der Waals surface area contributed by atoms with E-state index in [1.807, 2.05) is 0 Å². The maximum absolute atomic E-state index is 3.34. The van der Waals surface area contributed by atoms with Crippen LogP contribution in [0.4, 0.5) is 0 Å². The molecule has 0 spiro atoms. The average molecular weight is 211 g/mol. The Morgan fingerprint density at radius 2 is 2.20 bits per heavy atom. The predicted molar refractivity (Wildman–Crippen MR) is 64.2 cm³/mol. The van der Waals surface area contributed by atoms with Gasteiger partial charge in [0.2, 0.25) is 0 Å². The summed E-state index contributed by atoms with van der Waals surface area (Å²) in [7, 11) is 2.06. The van der Waals surface area contributed by atoms with Crippen molar-refractivity contribution in [3.8, 4) is 0 Å². The molecule has 0 aliphatic carbocycles. The van der Waals surface area contributed by atoms with Gasteiger partial charge in [0, 0.05) is 37.8 Å². The van der Waals surface area contributed by atoms with Crippen molar-refractivity contribution in [1.29, 1.82) is 0 Å². The standard InChI is InChI=1S/C12H25N3/c1-10(13-3)7-15-9-12-5-4-6-14(12)8-11(15)2/h10-13H,4-9H2,1-3H3. The number of hydrogen-bond donors (Lipinski definition) is 1. The summed E-state index contributed by atoms with van der Waals surface area (Å²) in [6, 6.07) is 2.20. The van der Waals surface area contributed by atoms with Gasteiger partial charge >= 0.3 is 0 Å². The minimum absolute atomic E-state index is 0.611. The van der Waals surface area contributed by atoms with Crippen molar-refractivity contribution in [2.75, 3.05) is 33.2 Å². The van der Waals surface area contributed by atoms with Gasteiger partial charge in [-0.15, -0.1) is 0 Å². The van der Waals surface area contributed by atoms with Gasteiger partial charge in [0.25, 0.3) is 0 Å².